The molecule has 0 saturated carbocycles. The number of nitrogens with one attached hydrogen (secondary N) is 1. The molecule has 2 amide bonds. The summed E-state index contributed by atoms with van der Waals surface area (Å²) in [7, 11) is 1.55. The Balaban J connectivity index is 1.76. The Hall–Kier alpha value is -2.32. The van der Waals surface area contributed by atoms with Gasteiger partial charge in [-0.05, 0) is 24.3 Å². The summed E-state index contributed by atoms with van der Waals surface area (Å²) in [6.07, 6.45) is -0.0302. The summed E-state index contributed by atoms with van der Waals surface area (Å²) in [5.41, 5.74) is 1.47. The van der Waals surface area contributed by atoms with Gasteiger partial charge in [0.05, 0.1) is 12.5 Å². The number of methoxy groups -OCH3 is 1. The fourth-order valence-corrected chi connectivity index (χ4v) is 3.51. The number of benzene rings is 2. The number of hydrogen-bond acceptors (Lipinski definition) is 3. The number of ether oxygens (including phenoxy) is 1. The number of carbonyl (C=O) groups excluding carboxylic acids is 2. The van der Waals surface area contributed by atoms with Crippen LogP contribution in [-0.4, -0.2) is 25.5 Å². The molecule has 5 nitrogen and oxygen atoms in total. The minimum atomic E-state index is -0.774. The van der Waals surface area contributed by atoms with Crippen LogP contribution in [0.5, 0.6) is 0 Å². The molecule has 1 atom stereocenters. The summed E-state index contributed by atoms with van der Waals surface area (Å²) >= 11 is 3.42. The average Bonchev–Trinajstić information content (AvgIpc) is 2.99. The van der Waals surface area contributed by atoms with Gasteiger partial charge < -0.3 is 15.0 Å². The van der Waals surface area contributed by atoms with Crippen molar-refractivity contribution in [2.24, 2.45) is 5.92 Å². The Morgan fingerprint density at radius 2 is 2.00 bits per heavy atom. The van der Waals surface area contributed by atoms with Gasteiger partial charge in [-0.1, -0.05) is 22.0 Å². The van der Waals surface area contributed by atoms with Gasteiger partial charge in [0.25, 0.3) is 0 Å². The highest BCUT2D eigenvalue weighted by atomic mass is 79.9. The predicted octanol–water partition coefficient (Wildman–Crippen LogP) is 3.87. The molecule has 2 aromatic carbocycles. The number of rotatable bonds is 5. The molecular weight excluding hydrogens is 422 g/mol. The van der Waals surface area contributed by atoms with E-state index in [1.165, 1.54) is 4.90 Å². The zero-order chi connectivity index (χ0) is 19.6. The molecule has 8 heteroatoms. The minimum Gasteiger partial charge on any atom is -0.380 e. The number of nitrogens with zero attached hydrogens (tertiary/aromatic N) is 1. The van der Waals surface area contributed by atoms with Gasteiger partial charge in [-0.15, -0.1) is 0 Å². The molecule has 1 aliphatic rings. The molecule has 0 radical (unpaired) electrons. The zero-order valence-electron chi connectivity index (χ0n) is 14.5. The maximum atomic E-state index is 13.4. The van der Waals surface area contributed by atoms with Crippen LogP contribution < -0.4 is 10.2 Å². The van der Waals surface area contributed by atoms with Crippen molar-refractivity contribution in [3.63, 3.8) is 0 Å². The van der Waals surface area contributed by atoms with Crippen molar-refractivity contribution in [3.8, 4) is 0 Å². The lowest BCUT2D eigenvalue weighted by molar-refractivity contribution is -0.122. The van der Waals surface area contributed by atoms with E-state index in [1.807, 2.05) is 6.07 Å². The van der Waals surface area contributed by atoms with Gasteiger partial charge in [-0.2, -0.15) is 0 Å². The fraction of sp³-hybridized carbons (Fsp3) is 0.263. The number of hydrogen-bond donors (Lipinski definition) is 1. The van der Waals surface area contributed by atoms with E-state index in [-0.39, 0.29) is 30.5 Å². The van der Waals surface area contributed by atoms with Gasteiger partial charge in [0, 0.05) is 47.6 Å². The molecule has 1 saturated heterocycles. The van der Waals surface area contributed by atoms with Crippen LogP contribution in [0.4, 0.5) is 20.2 Å². The van der Waals surface area contributed by atoms with Gasteiger partial charge >= 0.3 is 0 Å². The van der Waals surface area contributed by atoms with E-state index >= 15 is 0 Å². The molecule has 0 aliphatic carbocycles. The summed E-state index contributed by atoms with van der Waals surface area (Å²) in [5, 5.41) is 2.82. The second-order valence-corrected chi connectivity index (χ2v) is 7.08. The fourth-order valence-electron chi connectivity index (χ4n) is 3.03. The maximum absolute atomic E-state index is 13.4. The molecule has 1 heterocycles. The third kappa shape index (κ3) is 4.33. The molecule has 0 spiro atoms. The van der Waals surface area contributed by atoms with E-state index in [2.05, 4.69) is 21.2 Å². The first-order chi connectivity index (χ1) is 12.9. The number of carbonyl (C=O) groups is 2. The number of anilines is 2. The maximum Gasteiger partial charge on any atom is 0.229 e. The minimum absolute atomic E-state index is 0.0302. The van der Waals surface area contributed by atoms with Crippen LogP contribution in [0.25, 0.3) is 0 Å². The van der Waals surface area contributed by atoms with E-state index in [4.69, 9.17) is 4.74 Å². The van der Waals surface area contributed by atoms with Gasteiger partial charge in [0.1, 0.15) is 11.6 Å². The van der Waals surface area contributed by atoms with Crippen LogP contribution in [0.3, 0.4) is 0 Å². The van der Waals surface area contributed by atoms with Crippen molar-refractivity contribution in [3.05, 3.63) is 58.1 Å². The second kappa shape index (κ2) is 8.14. The predicted molar refractivity (Wildman–Crippen MR) is 100 cm³/mol. The van der Waals surface area contributed by atoms with Gasteiger partial charge in [0.2, 0.25) is 11.8 Å². The van der Waals surface area contributed by atoms with E-state index in [0.29, 0.717) is 12.3 Å². The molecular formula is C19H17BrF2N2O3. The zero-order valence-corrected chi connectivity index (χ0v) is 16.1. The standard InChI is InChI=1S/C19H17BrF2N2O3/c1-27-10-15-16(20)3-2-4-17(15)23-19(26)11-5-18(25)24(9-11)14-7-12(21)6-13(22)8-14/h2-4,6-8,11H,5,9-10H2,1H3,(H,23,26). The quantitative estimate of drug-likeness (QED) is 0.770. The molecule has 27 heavy (non-hydrogen) atoms. The third-order valence-corrected chi connectivity index (χ3v) is 5.06. The Morgan fingerprint density at radius 3 is 2.67 bits per heavy atom. The van der Waals surface area contributed by atoms with E-state index in [1.54, 1.807) is 19.2 Å². The Morgan fingerprint density at radius 1 is 1.30 bits per heavy atom. The molecule has 0 aromatic heterocycles. The summed E-state index contributed by atoms with van der Waals surface area (Å²) in [6.45, 7) is 0.358. The van der Waals surface area contributed by atoms with Crippen molar-refractivity contribution < 1.29 is 23.1 Å². The van der Waals surface area contributed by atoms with Crippen LogP contribution in [0.1, 0.15) is 12.0 Å². The van der Waals surface area contributed by atoms with Crippen LogP contribution in [0.2, 0.25) is 0 Å². The first-order valence-corrected chi connectivity index (χ1v) is 9.02. The van der Waals surface area contributed by atoms with E-state index < -0.39 is 17.6 Å². The smallest absolute Gasteiger partial charge is 0.229 e. The van der Waals surface area contributed by atoms with Crippen LogP contribution in [0.15, 0.2) is 40.9 Å². The lowest BCUT2D eigenvalue weighted by atomic mass is 10.1. The highest BCUT2D eigenvalue weighted by Crippen LogP contribution is 2.29. The normalized spacial score (nSPS) is 16.7. The van der Waals surface area contributed by atoms with E-state index in [9.17, 15) is 18.4 Å². The van der Waals surface area contributed by atoms with Gasteiger partial charge in [-0.25, -0.2) is 8.78 Å². The lowest BCUT2D eigenvalue weighted by Gasteiger charge is -2.18. The molecule has 2 aromatic rings. The topological polar surface area (TPSA) is 58.6 Å². The van der Waals surface area contributed by atoms with Crippen LogP contribution in [0, 0.1) is 17.6 Å². The van der Waals surface area contributed by atoms with Crippen LogP contribution >= 0.6 is 15.9 Å². The summed E-state index contributed by atoms with van der Waals surface area (Å²) in [5.74, 6) is -2.86. The highest BCUT2D eigenvalue weighted by molar-refractivity contribution is 9.10. The first-order valence-electron chi connectivity index (χ1n) is 8.22. The highest BCUT2D eigenvalue weighted by Gasteiger charge is 2.35. The van der Waals surface area contributed by atoms with Crippen molar-refractivity contribution >= 4 is 39.1 Å². The summed E-state index contributed by atoms with van der Waals surface area (Å²) in [6, 6.07) is 8.24. The monoisotopic (exact) mass is 438 g/mol. The SMILES string of the molecule is COCc1c(Br)cccc1NC(=O)C1CC(=O)N(c2cc(F)cc(F)c2)C1. The molecule has 3 rings (SSSR count). The molecule has 0 bridgehead atoms. The van der Waals surface area contributed by atoms with E-state index in [0.717, 1.165) is 28.2 Å². The molecule has 1 aliphatic heterocycles. The average molecular weight is 439 g/mol. The first kappa shape index (κ1) is 19.4. The van der Waals surface area contributed by atoms with Crippen LogP contribution in [-0.2, 0) is 20.9 Å². The summed E-state index contributed by atoms with van der Waals surface area (Å²) < 4.78 is 32.8. The van der Waals surface area contributed by atoms with Crippen molar-refractivity contribution in [2.75, 3.05) is 23.9 Å². The molecule has 142 valence electrons. The van der Waals surface area contributed by atoms with Crippen molar-refractivity contribution in [2.45, 2.75) is 13.0 Å². The third-order valence-electron chi connectivity index (χ3n) is 4.32. The molecule has 1 unspecified atom stereocenters. The van der Waals surface area contributed by atoms with Crippen molar-refractivity contribution in [1.82, 2.24) is 0 Å². The largest absolute Gasteiger partial charge is 0.380 e. The Bertz CT molecular complexity index is 871. The second-order valence-electron chi connectivity index (χ2n) is 6.22. The number of halogens is 3. The summed E-state index contributed by atoms with van der Waals surface area (Å²) in [4.78, 5) is 26.1. The Kier molecular flexibility index (Phi) is 5.86. The Labute approximate surface area is 163 Å². The van der Waals surface area contributed by atoms with Crippen molar-refractivity contribution in [1.29, 1.82) is 0 Å². The van der Waals surface area contributed by atoms with Gasteiger partial charge in [0.15, 0.2) is 0 Å². The lowest BCUT2D eigenvalue weighted by Crippen LogP contribution is -2.28. The molecule has 1 N–H and O–H groups in total. The number of amides is 2. The molecule has 1 fully saturated rings. The van der Waals surface area contributed by atoms with Gasteiger partial charge in [-0.3, -0.25) is 9.59 Å².